The summed E-state index contributed by atoms with van der Waals surface area (Å²) in [5.74, 6) is -0.224. The van der Waals surface area contributed by atoms with Gasteiger partial charge in [0.2, 0.25) is 16.9 Å². The minimum absolute atomic E-state index is 0.0426. The number of carbonyl (C=O) groups is 2. The molecule has 0 unspecified atom stereocenters. The lowest BCUT2D eigenvalue weighted by atomic mass is 10.0. The van der Waals surface area contributed by atoms with Gasteiger partial charge in [-0.25, -0.2) is 0 Å². The van der Waals surface area contributed by atoms with Gasteiger partial charge in [0, 0.05) is 37.8 Å². The van der Waals surface area contributed by atoms with Crippen molar-refractivity contribution < 1.29 is 9.59 Å². The first kappa shape index (κ1) is 20.2. The molecule has 150 valence electrons. The van der Waals surface area contributed by atoms with Crippen LogP contribution in [0.5, 0.6) is 0 Å². The van der Waals surface area contributed by atoms with E-state index in [0.29, 0.717) is 5.13 Å². The molecule has 2 N–H and O–H groups in total. The van der Waals surface area contributed by atoms with Gasteiger partial charge in [0.05, 0.1) is 0 Å². The van der Waals surface area contributed by atoms with Crippen LogP contribution in [0.2, 0.25) is 0 Å². The van der Waals surface area contributed by atoms with E-state index in [-0.39, 0.29) is 30.1 Å². The smallest absolute Gasteiger partial charge is 0.226 e. The molecule has 0 radical (unpaired) electrons. The molecule has 1 aromatic heterocycles. The van der Waals surface area contributed by atoms with Crippen LogP contribution in [0.3, 0.4) is 0 Å². The fourth-order valence-corrected chi connectivity index (χ4v) is 4.42. The van der Waals surface area contributed by atoms with E-state index in [0.717, 1.165) is 30.9 Å². The molecule has 27 heavy (non-hydrogen) atoms. The zero-order chi connectivity index (χ0) is 19.1. The zero-order valence-corrected chi connectivity index (χ0v) is 17.1. The third-order valence-electron chi connectivity index (χ3n) is 5.38. The van der Waals surface area contributed by atoms with Gasteiger partial charge in [-0.05, 0) is 45.2 Å². The second-order valence-electron chi connectivity index (χ2n) is 7.91. The van der Waals surface area contributed by atoms with E-state index in [1.807, 2.05) is 0 Å². The van der Waals surface area contributed by atoms with Gasteiger partial charge in [0.25, 0.3) is 0 Å². The maximum absolute atomic E-state index is 12.1. The number of nitrogens with zero attached hydrogens (tertiary/aromatic N) is 3. The van der Waals surface area contributed by atoms with E-state index >= 15 is 0 Å². The Bertz CT molecular complexity index is 638. The van der Waals surface area contributed by atoms with Crippen LogP contribution in [0.4, 0.5) is 5.13 Å². The molecule has 3 rings (SSSR count). The predicted octanol–water partition coefficient (Wildman–Crippen LogP) is 2.59. The number of amides is 2. The number of aromatic nitrogens is 2. The van der Waals surface area contributed by atoms with E-state index in [9.17, 15) is 9.59 Å². The van der Waals surface area contributed by atoms with E-state index < -0.39 is 0 Å². The summed E-state index contributed by atoms with van der Waals surface area (Å²) >= 11 is 1.40. The van der Waals surface area contributed by atoms with E-state index in [1.165, 1.54) is 56.5 Å². The maximum Gasteiger partial charge on any atom is 0.226 e. The molecule has 1 aliphatic heterocycles. The molecule has 1 aromatic rings. The van der Waals surface area contributed by atoms with Crippen LogP contribution < -0.4 is 10.6 Å². The monoisotopic (exact) mass is 393 g/mol. The normalized spacial score (nSPS) is 18.9. The molecule has 8 heteroatoms. The van der Waals surface area contributed by atoms with Crippen molar-refractivity contribution in [3.8, 4) is 0 Å². The fourth-order valence-electron chi connectivity index (χ4n) is 3.56. The molecule has 2 aliphatic rings. The summed E-state index contributed by atoms with van der Waals surface area (Å²) in [6.45, 7) is 6.31. The molecule has 1 saturated carbocycles. The minimum atomic E-state index is -0.182. The highest BCUT2D eigenvalue weighted by molar-refractivity contribution is 7.15. The molecule has 0 atom stereocenters. The fraction of sp³-hybridized carbons (Fsp3) is 0.789. The Morgan fingerprint density at radius 2 is 1.85 bits per heavy atom. The van der Waals surface area contributed by atoms with Crippen molar-refractivity contribution in [2.45, 2.75) is 64.7 Å². The van der Waals surface area contributed by atoms with Crippen molar-refractivity contribution in [2.75, 3.05) is 31.5 Å². The summed E-state index contributed by atoms with van der Waals surface area (Å²) in [5.41, 5.74) is 0.275. The third-order valence-corrected chi connectivity index (χ3v) is 6.28. The maximum atomic E-state index is 12.1. The molecule has 0 aromatic carbocycles. The molecule has 7 nitrogen and oxygen atoms in total. The van der Waals surface area contributed by atoms with Gasteiger partial charge in [-0.2, -0.15) is 0 Å². The summed E-state index contributed by atoms with van der Waals surface area (Å²) in [4.78, 5) is 26.7. The summed E-state index contributed by atoms with van der Waals surface area (Å²) in [6.07, 6.45) is 8.59. The van der Waals surface area contributed by atoms with Gasteiger partial charge in [0.15, 0.2) is 0 Å². The third kappa shape index (κ3) is 6.53. The lowest BCUT2D eigenvalue weighted by Crippen LogP contribution is -2.40. The first-order valence-electron chi connectivity index (χ1n) is 10.2. The molecule has 2 heterocycles. The Morgan fingerprint density at radius 1 is 1.11 bits per heavy atom. The van der Waals surface area contributed by atoms with Crippen molar-refractivity contribution in [1.82, 2.24) is 20.4 Å². The van der Waals surface area contributed by atoms with Gasteiger partial charge in [0.1, 0.15) is 5.01 Å². The highest BCUT2D eigenvalue weighted by Gasteiger charge is 2.43. The number of hydrogen-bond acceptors (Lipinski definition) is 6. The van der Waals surface area contributed by atoms with Crippen molar-refractivity contribution in [2.24, 2.45) is 5.41 Å². The lowest BCUT2D eigenvalue weighted by molar-refractivity contribution is -0.124. The molecule has 2 amide bonds. The Morgan fingerprint density at radius 3 is 2.56 bits per heavy atom. The van der Waals surface area contributed by atoms with Crippen molar-refractivity contribution >= 4 is 28.3 Å². The van der Waals surface area contributed by atoms with E-state index in [2.05, 4.69) is 32.7 Å². The number of likely N-dealkylation sites (tertiary alicyclic amines) is 1. The number of hydrogen-bond donors (Lipinski definition) is 2. The molecule has 1 saturated heterocycles. The molecular formula is C19H31N5O2S. The number of aryl methyl sites for hydroxylation is 1. The number of nitrogens with one attached hydrogen (secondary N) is 2. The Labute approximate surface area is 165 Å². The van der Waals surface area contributed by atoms with Crippen molar-refractivity contribution in [1.29, 1.82) is 0 Å². The van der Waals surface area contributed by atoms with Crippen LogP contribution >= 0.6 is 11.3 Å². The molecule has 1 aliphatic carbocycles. The van der Waals surface area contributed by atoms with Crippen LogP contribution in [0.25, 0.3) is 0 Å². The number of carbonyl (C=O) groups excluding carboxylic acids is 2. The Hall–Kier alpha value is -1.54. The number of rotatable bonds is 10. The Balaban J connectivity index is 1.32. The quantitative estimate of drug-likeness (QED) is 0.638. The van der Waals surface area contributed by atoms with Crippen LogP contribution in [-0.2, 0) is 16.0 Å². The Kier molecular flexibility index (Phi) is 7.18. The summed E-state index contributed by atoms with van der Waals surface area (Å²) in [5, 5.41) is 15.2. The van der Waals surface area contributed by atoms with Gasteiger partial charge >= 0.3 is 0 Å². The summed E-state index contributed by atoms with van der Waals surface area (Å²) in [7, 11) is 0. The minimum Gasteiger partial charge on any atom is -0.355 e. The molecule has 0 spiro atoms. The average Bonchev–Trinajstić information content (AvgIpc) is 3.29. The average molecular weight is 394 g/mol. The van der Waals surface area contributed by atoms with E-state index in [4.69, 9.17) is 0 Å². The lowest BCUT2D eigenvalue weighted by Gasteiger charge is -2.30. The predicted molar refractivity (Wildman–Crippen MR) is 107 cm³/mol. The molecule has 0 bridgehead atoms. The van der Waals surface area contributed by atoms with Crippen LogP contribution in [0.1, 0.15) is 63.3 Å². The summed E-state index contributed by atoms with van der Waals surface area (Å²) in [6, 6.07) is 0. The number of piperidine rings is 1. The highest BCUT2D eigenvalue weighted by atomic mass is 32.1. The number of anilines is 1. The highest BCUT2D eigenvalue weighted by Crippen LogP contribution is 2.46. The topological polar surface area (TPSA) is 87.2 Å². The van der Waals surface area contributed by atoms with Crippen LogP contribution in [0, 0.1) is 5.41 Å². The van der Waals surface area contributed by atoms with Crippen LogP contribution in [-0.4, -0.2) is 53.1 Å². The summed E-state index contributed by atoms with van der Waals surface area (Å²) < 4.78 is 0. The SMILES string of the molecule is CCCc1nnc(NC(=O)CCC(=O)NCC2(CN3CCCCC3)CC2)s1. The second-order valence-corrected chi connectivity index (χ2v) is 8.97. The first-order chi connectivity index (χ1) is 13.1. The molecule has 2 fully saturated rings. The van der Waals surface area contributed by atoms with E-state index in [1.54, 1.807) is 0 Å². The largest absolute Gasteiger partial charge is 0.355 e. The van der Waals surface area contributed by atoms with Gasteiger partial charge < -0.3 is 15.5 Å². The standard InChI is InChI=1S/C19H31N5O2S/c1-2-6-17-22-23-18(27-17)21-16(26)8-7-15(25)20-13-19(9-10-19)14-24-11-4-3-5-12-24/h2-14H2,1H3,(H,20,25)(H,21,23,26). The van der Waals surface area contributed by atoms with Gasteiger partial charge in [-0.3, -0.25) is 9.59 Å². The first-order valence-corrected chi connectivity index (χ1v) is 11.0. The van der Waals surface area contributed by atoms with Gasteiger partial charge in [-0.1, -0.05) is 24.7 Å². The van der Waals surface area contributed by atoms with Crippen molar-refractivity contribution in [3.05, 3.63) is 5.01 Å². The second kappa shape index (κ2) is 9.59. The van der Waals surface area contributed by atoms with Gasteiger partial charge in [-0.15, -0.1) is 10.2 Å². The molecular weight excluding hydrogens is 362 g/mol. The van der Waals surface area contributed by atoms with Crippen LogP contribution in [0.15, 0.2) is 0 Å². The zero-order valence-electron chi connectivity index (χ0n) is 16.3. The van der Waals surface area contributed by atoms with Crippen molar-refractivity contribution in [3.63, 3.8) is 0 Å².